The SMILES string of the molecule is CCCN[Si](OC)(OC)OC(N)(N)N. The van der Waals surface area contributed by atoms with Gasteiger partial charge in [0.15, 0.2) is 0 Å². The molecule has 0 rings (SSSR count). The van der Waals surface area contributed by atoms with E-state index in [-0.39, 0.29) is 0 Å². The van der Waals surface area contributed by atoms with Gasteiger partial charge in [0.2, 0.25) is 5.97 Å². The lowest BCUT2D eigenvalue weighted by atomic mass is 10.5. The van der Waals surface area contributed by atoms with Crippen LogP contribution in [0.25, 0.3) is 0 Å². The maximum Gasteiger partial charge on any atom is 0.599 e. The van der Waals surface area contributed by atoms with Crippen molar-refractivity contribution in [2.24, 2.45) is 17.2 Å². The van der Waals surface area contributed by atoms with E-state index in [1.54, 1.807) is 0 Å². The maximum atomic E-state index is 5.31. The monoisotopic (exact) mass is 224 g/mol. The van der Waals surface area contributed by atoms with Crippen LogP contribution in [0.2, 0.25) is 0 Å². The number of hydrogen-bond acceptors (Lipinski definition) is 7. The standard InChI is InChI=1S/C6H20N4O3Si/c1-4-5-10-14(11-2,12-3)13-6(7,8)9/h10H,4-5,7-9H2,1-3H3. The summed E-state index contributed by atoms with van der Waals surface area (Å²) in [5, 5.41) is 0. The lowest BCUT2D eigenvalue weighted by Crippen LogP contribution is -2.71. The molecule has 0 aliphatic heterocycles. The van der Waals surface area contributed by atoms with Crippen LogP contribution in [0.5, 0.6) is 0 Å². The van der Waals surface area contributed by atoms with Gasteiger partial charge in [-0.05, 0) is 13.0 Å². The van der Waals surface area contributed by atoms with Gasteiger partial charge in [-0.2, -0.15) is 0 Å². The van der Waals surface area contributed by atoms with Crippen molar-refractivity contribution in [2.75, 3.05) is 20.8 Å². The minimum atomic E-state index is -3.02. The fourth-order valence-corrected chi connectivity index (χ4v) is 2.57. The first-order valence-corrected chi connectivity index (χ1v) is 6.03. The molecule has 0 unspecified atom stereocenters. The molecule has 0 aliphatic rings. The summed E-state index contributed by atoms with van der Waals surface area (Å²) in [6.45, 7) is 2.67. The molecular formula is C6H20N4O3Si. The van der Waals surface area contributed by atoms with Gasteiger partial charge >= 0.3 is 8.97 Å². The Bertz CT molecular complexity index is 160. The third-order valence-corrected chi connectivity index (χ3v) is 3.82. The second-order valence-electron chi connectivity index (χ2n) is 2.85. The molecule has 8 heteroatoms. The predicted molar refractivity (Wildman–Crippen MR) is 54.4 cm³/mol. The minimum Gasteiger partial charge on any atom is -0.364 e. The van der Waals surface area contributed by atoms with Crippen LogP contribution >= 0.6 is 0 Å². The normalized spacial score (nSPS) is 13.3. The quantitative estimate of drug-likeness (QED) is 0.298. The Hall–Kier alpha value is -0.0631. The van der Waals surface area contributed by atoms with Crippen LogP contribution in [0, 0.1) is 0 Å². The van der Waals surface area contributed by atoms with Crippen molar-refractivity contribution in [2.45, 2.75) is 19.3 Å². The molecule has 0 spiro atoms. The van der Waals surface area contributed by atoms with E-state index in [0.29, 0.717) is 6.54 Å². The van der Waals surface area contributed by atoms with Crippen molar-refractivity contribution >= 4 is 8.97 Å². The van der Waals surface area contributed by atoms with Gasteiger partial charge in [0.05, 0.1) is 0 Å². The Kier molecular flexibility index (Phi) is 5.70. The van der Waals surface area contributed by atoms with Crippen molar-refractivity contribution in [3.05, 3.63) is 0 Å². The summed E-state index contributed by atoms with van der Waals surface area (Å²) in [6.07, 6.45) is 0.900. The van der Waals surface area contributed by atoms with E-state index in [4.69, 9.17) is 30.5 Å². The van der Waals surface area contributed by atoms with E-state index in [1.165, 1.54) is 14.2 Å². The first kappa shape index (κ1) is 13.9. The van der Waals surface area contributed by atoms with E-state index in [9.17, 15) is 0 Å². The molecular weight excluding hydrogens is 204 g/mol. The molecule has 0 bridgehead atoms. The highest BCUT2D eigenvalue weighted by molar-refractivity contribution is 6.57. The Morgan fingerprint density at radius 1 is 1.21 bits per heavy atom. The van der Waals surface area contributed by atoms with Crippen molar-refractivity contribution in [1.29, 1.82) is 0 Å². The largest absolute Gasteiger partial charge is 0.599 e. The van der Waals surface area contributed by atoms with Gasteiger partial charge in [-0.3, -0.25) is 22.2 Å². The van der Waals surface area contributed by atoms with E-state index in [1.807, 2.05) is 6.92 Å². The molecule has 0 radical (unpaired) electrons. The number of hydrogen-bond donors (Lipinski definition) is 4. The Morgan fingerprint density at radius 3 is 2.00 bits per heavy atom. The zero-order chi connectivity index (χ0) is 11.2. The Balaban J connectivity index is 4.36. The summed E-state index contributed by atoms with van der Waals surface area (Å²) in [4.78, 5) is 2.97. The average molecular weight is 224 g/mol. The summed E-state index contributed by atoms with van der Waals surface area (Å²) in [7, 11) is -0.128. The Labute approximate surface area is 85.3 Å². The molecule has 7 nitrogen and oxygen atoms in total. The van der Waals surface area contributed by atoms with Crippen LogP contribution in [0.1, 0.15) is 13.3 Å². The molecule has 0 heterocycles. The van der Waals surface area contributed by atoms with Crippen LogP contribution in [0.3, 0.4) is 0 Å². The number of nitrogens with one attached hydrogen (secondary N) is 1. The van der Waals surface area contributed by atoms with Crippen molar-refractivity contribution in [3.8, 4) is 0 Å². The maximum absolute atomic E-state index is 5.31. The highest BCUT2D eigenvalue weighted by Crippen LogP contribution is 2.05. The van der Waals surface area contributed by atoms with Crippen LogP contribution < -0.4 is 22.2 Å². The fourth-order valence-electron chi connectivity index (χ4n) is 0.858. The highest BCUT2D eigenvalue weighted by Gasteiger charge is 2.44. The zero-order valence-electron chi connectivity index (χ0n) is 8.87. The molecule has 0 aromatic carbocycles. The Morgan fingerprint density at radius 2 is 1.71 bits per heavy atom. The highest BCUT2D eigenvalue weighted by atomic mass is 28.4. The van der Waals surface area contributed by atoms with Gasteiger partial charge in [-0.15, -0.1) is 0 Å². The average Bonchev–Trinajstić information content (AvgIpc) is 2.10. The molecule has 14 heavy (non-hydrogen) atoms. The van der Waals surface area contributed by atoms with Gasteiger partial charge in [-0.1, -0.05) is 6.92 Å². The van der Waals surface area contributed by atoms with E-state index < -0.39 is 14.9 Å². The van der Waals surface area contributed by atoms with Crippen molar-refractivity contribution < 1.29 is 13.3 Å². The zero-order valence-corrected chi connectivity index (χ0v) is 9.87. The molecule has 0 saturated carbocycles. The topological polar surface area (TPSA) is 118 Å². The second kappa shape index (κ2) is 5.73. The molecule has 0 aromatic rings. The first-order valence-electron chi connectivity index (χ1n) is 4.31. The van der Waals surface area contributed by atoms with Crippen LogP contribution in [0.4, 0.5) is 0 Å². The van der Waals surface area contributed by atoms with Crippen LogP contribution in [-0.4, -0.2) is 35.7 Å². The predicted octanol–water partition coefficient (Wildman–Crippen LogP) is -1.78. The van der Waals surface area contributed by atoms with Gasteiger partial charge in [0.1, 0.15) is 0 Å². The third kappa shape index (κ3) is 4.98. The first-order chi connectivity index (χ1) is 6.39. The van der Waals surface area contributed by atoms with E-state index in [2.05, 4.69) is 4.98 Å². The smallest absolute Gasteiger partial charge is 0.364 e. The van der Waals surface area contributed by atoms with Crippen LogP contribution in [0.15, 0.2) is 0 Å². The van der Waals surface area contributed by atoms with Gasteiger partial charge < -0.3 is 13.3 Å². The van der Waals surface area contributed by atoms with Gasteiger partial charge in [0.25, 0.3) is 0 Å². The lowest BCUT2D eigenvalue weighted by Gasteiger charge is -2.32. The summed E-state index contributed by atoms with van der Waals surface area (Å²) in [5.74, 6) is -1.76. The summed E-state index contributed by atoms with van der Waals surface area (Å²) < 4.78 is 15.4. The molecule has 0 amide bonds. The summed E-state index contributed by atoms with van der Waals surface area (Å²) >= 11 is 0. The molecule has 0 aliphatic carbocycles. The minimum absolute atomic E-state index is 0.671. The number of rotatable bonds is 7. The molecule has 0 fully saturated rings. The fraction of sp³-hybridized carbons (Fsp3) is 1.00. The van der Waals surface area contributed by atoms with Crippen molar-refractivity contribution in [3.63, 3.8) is 0 Å². The lowest BCUT2D eigenvalue weighted by molar-refractivity contribution is -0.0136. The van der Waals surface area contributed by atoms with Gasteiger partial charge in [0, 0.05) is 14.2 Å². The molecule has 0 saturated heterocycles. The van der Waals surface area contributed by atoms with E-state index in [0.717, 1.165) is 6.42 Å². The molecule has 0 atom stereocenters. The summed E-state index contributed by atoms with van der Waals surface area (Å²) in [5.41, 5.74) is 15.9. The van der Waals surface area contributed by atoms with Crippen LogP contribution in [-0.2, 0) is 13.3 Å². The van der Waals surface area contributed by atoms with E-state index >= 15 is 0 Å². The van der Waals surface area contributed by atoms with Gasteiger partial charge in [-0.25, -0.2) is 0 Å². The van der Waals surface area contributed by atoms with Crippen molar-refractivity contribution in [1.82, 2.24) is 4.98 Å². The molecule has 0 aromatic heterocycles. The third-order valence-electron chi connectivity index (χ3n) is 1.44. The number of nitrogens with two attached hydrogens (primary N) is 3. The second-order valence-corrected chi connectivity index (χ2v) is 5.33. The summed E-state index contributed by atoms with van der Waals surface area (Å²) in [6, 6.07) is 0. The molecule has 7 N–H and O–H groups in total. The molecule has 86 valence electrons.